The van der Waals surface area contributed by atoms with Crippen LogP contribution >= 0.6 is 11.3 Å². The molecule has 0 amide bonds. The molecule has 4 nitrogen and oxygen atoms in total. The third-order valence-electron chi connectivity index (χ3n) is 3.54. The van der Waals surface area contributed by atoms with Gasteiger partial charge in [-0.3, -0.25) is 4.98 Å². The van der Waals surface area contributed by atoms with E-state index < -0.39 is 0 Å². The number of halogens is 1. The van der Waals surface area contributed by atoms with E-state index in [0.29, 0.717) is 0 Å². The maximum absolute atomic E-state index is 13.3. The van der Waals surface area contributed by atoms with Crippen LogP contribution in [0.1, 0.15) is 29.0 Å². The number of aryl methyl sites for hydroxylation is 2. The highest BCUT2D eigenvalue weighted by Gasteiger charge is 2.14. The smallest absolute Gasteiger partial charge is 0.141 e. The third-order valence-corrected chi connectivity index (χ3v) is 4.66. The maximum Gasteiger partial charge on any atom is 0.141 e. The van der Waals surface area contributed by atoms with Crippen LogP contribution in [0, 0.1) is 19.7 Å². The van der Waals surface area contributed by atoms with Crippen LogP contribution in [0.15, 0.2) is 24.8 Å². The van der Waals surface area contributed by atoms with Crippen LogP contribution in [-0.4, -0.2) is 15.0 Å². The Balaban J connectivity index is 1.98. The minimum Gasteiger partial charge on any atom is -0.363 e. The monoisotopic (exact) mass is 302 g/mol. The molecule has 0 bridgehead atoms. The largest absolute Gasteiger partial charge is 0.363 e. The standard InChI is InChI=1S/C15H15FN4S/c1-8-10(3)21-15-13(8)14(18-7-19-15)20-9(2)11-4-12(16)6-17-5-11/h4-7,9H,1-3H3,(H,18,19,20)/t9-/m1/s1. The van der Waals surface area contributed by atoms with Gasteiger partial charge < -0.3 is 5.32 Å². The molecule has 0 aliphatic rings. The van der Waals surface area contributed by atoms with Crippen LogP contribution in [0.3, 0.4) is 0 Å². The molecule has 3 aromatic heterocycles. The van der Waals surface area contributed by atoms with Crippen molar-refractivity contribution in [2.45, 2.75) is 26.8 Å². The molecular formula is C15H15FN4S. The van der Waals surface area contributed by atoms with Crippen molar-refractivity contribution in [2.75, 3.05) is 5.32 Å². The summed E-state index contributed by atoms with van der Waals surface area (Å²) in [6, 6.07) is 1.39. The summed E-state index contributed by atoms with van der Waals surface area (Å²) in [5, 5.41) is 4.37. The van der Waals surface area contributed by atoms with Crippen molar-refractivity contribution >= 4 is 27.4 Å². The number of hydrogen-bond acceptors (Lipinski definition) is 5. The van der Waals surface area contributed by atoms with Gasteiger partial charge in [0.15, 0.2) is 0 Å². The Morgan fingerprint density at radius 2 is 2.05 bits per heavy atom. The number of hydrogen-bond donors (Lipinski definition) is 1. The molecule has 0 unspecified atom stereocenters. The van der Waals surface area contributed by atoms with Gasteiger partial charge in [0.2, 0.25) is 0 Å². The lowest BCUT2D eigenvalue weighted by molar-refractivity contribution is 0.616. The van der Waals surface area contributed by atoms with Gasteiger partial charge >= 0.3 is 0 Å². The highest BCUT2D eigenvalue weighted by molar-refractivity contribution is 7.18. The molecular weight excluding hydrogens is 287 g/mol. The summed E-state index contributed by atoms with van der Waals surface area (Å²) >= 11 is 1.65. The lowest BCUT2D eigenvalue weighted by Gasteiger charge is -2.15. The molecule has 0 aromatic carbocycles. The number of pyridine rings is 1. The van der Waals surface area contributed by atoms with E-state index in [2.05, 4.69) is 34.1 Å². The average molecular weight is 302 g/mol. The fourth-order valence-electron chi connectivity index (χ4n) is 2.25. The Bertz CT molecular complexity index is 799. The van der Waals surface area contributed by atoms with E-state index in [1.54, 1.807) is 23.9 Å². The first-order valence-corrected chi connectivity index (χ1v) is 7.45. The van der Waals surface area contributed by atoms with Gasteiger partial charge in [0.1, 0.15) is 22.8 Å². The summed E-state index contributed by atoms with van der Waals surface area (Å²) in [5.41, 5.74) is 1.97. The van der Waals surface area contributed by atoms with Gasteiger partial charge in [0, 0.05) is 11.1 Å². The van der Waals surface area contributed by atoms with Crippen LogP contribution < -0.4 is 5.32 Å². The number of aromatic nitrogens is 3. The minimum absolute atomic E-state index is 0.0918. The second-order valence-corrected chi connectivity index (χ2v) is 6.19. The number of thiophene rings is 1. The van der Waals surface area contributed by atoms with Crippen molar-refractivity contribution in [1.29, 1.82) is 0 Å². The van der Waals surface area contributed by atoms with Crippen molar-refractivity contribution in [2.24, 2.45) is 0 Å². The number of nitrogens with one attached hydrogen (secondary N) is 1. The molecule has 21 heavy (non-hydrogen) atoms. The Morgan fingerprint density at radius 1 is 1.24 bits per heavy atom. The molecule has 6 heteroatoms. The molecule has 3 heterocycles. The lowest BCUT2D eigenvalue weighted by atomic mass is 10.1. The number of rotatable bonds is 3. The normalized spacial score (nSPS) is 12.6. The van der Waals surface area contributed by atoms with E-state index in [0.717, 1.165) is 21.6 Å². The van der Waals surface area contributed by atoms with Crippen LogP contribution in [0.4, 0.5) is 10.2 Å². The van der Waals surface area contributed by atoms with Crippen LogP contribution in [0.5, 0.6) is 0 Å². The fourth-order valence-corrected chi connectivity index (χ4v) is 3.24. The average Bonchev–Trinajstić information content (AvgIpc) is 2.75. The second kappa shape index (κ2) is 5.37. The SMILES string of the molecule is Cc1sc2ncnc(N[C@H](C)c3cncc(F)c3)c2c1C. The van der Waals surface area contributed by atoms with Gasteiger partial charge in [0.05, 0.1) is 17.6 Å². The van der Waals surface area contributed by atoms with E-state index in [1.807, 2.05) is 6.92 Å². The molecule has 108 valence electrons. The van der Waals surface area contributed by atoms with Gasteiger partial charge in [-0.2, -0.15) is 0 Å². The van der Waals surface area contributed by atoms with Gasteiger partial charge in [-0.05, 0) is 38.0 Å². The highest BCUT2D eigenvalue weighted by atomic mass is 32.1. The summed E-state index contributed by atoms with van der Waals surface area (Å²) in [4.78, 5) is 14.7. The molecule has 1 N–H and O–H groups in total. The molecule has 0 fully saturated rings. The van der Waals surface area contributed by atoms with Crippen LogP contribution in [-0.2, 0) is 0 Å². The quantitative estimate of drug-likeness (QED) is 0.794. The minimum atomic E-state index is -0.337. The van der Waals surface area contributed by atoms with E-state index in [9.17, 15) is 4.39 Å². The predicted molar refractivity (Wildman–Crippen MR) is 83.1 cm³/mol. The molecule has 0 saturated heterocycles. The van der Waals surface area contributed by atoms with E-state index in [1.165, 1.54) is 22.7 Å². The molecule has 1 atom stereocenters. The number of nitrogens with zero attached hydrogens (tertiary/aromatic N) is 3. The number of anilines is 1. The van der Waals surface area contributed by atoms with E-state index in [-0.39, 0.29) is 11.9 Å². The van der Waals surface area contributed by atoms with E-state index >= 15 is 0 Å². The van der Waals surface area contributed by atoms with Gasteiger partial charge in [-0.1, -0.05) is 0 Å². The molecule has 0 aliphatic heterocycles. The zero-order valence-electron chi connectivity index (χ0n) is 12.0. The van der Waals surface area contributed by atoms with Gasteiger partial charge in [0.25, 0.3) is 0 Å². The van der Waals surface area contributed by atoms with Crippen molar-refractivity contribution < 1.29 is 4.39 Å². The van der Waals surface area contributed by atoms with Gasteiger partial charge in [-0.15, -0.1) is 11.3 Å². The first kappa shape index (κ1) is 13.9. The predicted octanol–water partition coefficient (Wildman–Crippen LogP) is 4.02. The number of fused-ring (bicyclic) bond motifs is 1. The Labute approximate surface area is 126 Å². The van der Waals surface area contributed by atoms with Crippen molar-refractivity contribution in [3.63, 3.8) is 0 Å². The lowest BCUT2D eigenvalue weighted by Crippen LogP contribution is -2.09. The first-order chi connectivity index (χ1) is 10.1. The molecule has 0 saturated carbocycles. The fraction of sp³-hybridized carbons (Fsp3) is 0.267. The molecule has 0 aliphatic carbocycles. The molecule has 0 radical (unpaired) electrons. The highest BCUT2D eigenvalue weighted by Crippen LogP contribution is 2.33. The van der Waals surface area contributed by atoms with Crippen molar-refractivity contribution in [3.05, 3.63) is 46.6 Å². The molecule has 3 rings (SSSR count). The molecule has 0 spiro atoms. The third kappa shape index (κ3) is 2.58. The summed E-state index contributed by atoms with van der Waals surface area (Å²) in [7, 11) is 0. The van der Waals surface area contributed by atoms with Gasteiger partial charge in [-0.25, -0.2) is 14.4 Å². The topological polar surface area (TPSA) is 50.7 Å². The second-order valence-electron chi connectivity index (χ2n) is 4.99. The molecule has 3 aromatic rings. The zero-order chi connectivity index (χ0) is 15.0. The summed E-state index contributed by atoms with van der Waals surface area (Å²) in [6.45, 7) is 6.10. The Kier molecular flexibility index (Phi) is 3.55. The summed E-state index contributed by atoms with van der Waals surface area (Å²) in [5.74, 6) is 0.440. The summed E-state index contributed by atoms with van der Waals surface area (Å²) in [6.07, 6.45) is 4.41. The Hall–Kier alpha value is -2.08. The van der Waals surface area contributed by atoms with Crippen LogP contribution in [0.2, 0.25) is 0 Å². The Morgan fingerprint density at radius 3 is 2.81 bits per heavy atom. The van der Waals surface area contributed by atoms with E-state index in [4.69, 9.17) is 0 Å². The van der Waals surface area contributed by atoms with Crippen molar-refractivity contribution in [3.8, 4) is 0 Å². The van der Waals surface area contributed by atoms with Crippen molar-refractivity contribution in [1.82, 2.24) is 15.0 Å². The maximum atomic E-state index is 13.3. The first-order valence-electron chi connectivity index (χ1n) is 6.64. The van der Waals surface area contributed by atoms with Crippen LogP contribution in [0.25, 0.3) is 10.2 Å². The summed E-state index contributed by atoms with van der Waals surface area (Å²) < 4.78 is 13.3. The zero-order valence-corrected chi connectivity index (χ0v) is 12.8.